The molecule has 1 aliphatic carbocycles. The minimum Gasteiger partial charge on any atom is -0.477 e. The van der Waals surface area contributed by atoms with Crippen molar-refractivity contribution in [2.45, 2.75) is 45.7 Å². The number of aromatic nitrogens is 1. The third-order valence-corrected chi connectivity index (χ3v) is 3.69. The summed E-state index contributed by atoms with van der Waals surface area (Å²) in [4.78, 5) is 8.57. The number of hydrogen-bond donors (Lipinski definition) is 2. The molecule has 0 bridgehead atoms. The Balaban J connectivity index is 1.86. The summed E-state index contributed by atoms with van der Waals surface area (Å²) in [6, 6.07) is 4.53. The Hall–Kier alpha value is -1.78. The maximum absolute atomic E-state index is 5.74. The summed E-state index contributed by atoms with van der Waals surface area (Å²) in [5.41, 5.74) is 1.06. The van der Waals surface area contributed by atoms with Crippen LogP contribution < -0.4 is 15.4 Å². The van der Waals surface area contributed by atoms with Crippen molar-refractivity contribution in [3.63, 3.8) is 0 Å². The molecule has 1 fully saturated rings. The van der Waals surface area contributed by atoms with Crippen LogP contribution in [0.15, 0.2) is 23.3 Å². The molecule has 1 aromatic rings. The average molecular weight is 290 g/mol. The molecule has 2 N–H and O–H groups in total. The highest BCUT2D eigenvalue weighted by Crippen LogP contribution is 2.28. The Morgan fingerprint density at radius 2 is 2.33 bits per heavy atom. The first kappa shape index (κ1) is 15.6. The van der Waals surface area contributed by atoms with Crippen LogP contribution in [0.4, 0.5) is 0 Å². The van der Waals surface area contributed by atoms with Crippen LogP contribution in [0.25, 0.3) is 0 Å². The van der Waals surface area contributed by atoms with Crippen LogP contribution in [0.5, 0.6) is 5.88 Å². The molecule has 1 aliphatic rings. The largest absolute Gasteiger partial charge is 0.477 e. The number of aliphatic imine (C=N–C) groups is 1. The van der Waals surface area contributed by atoms with Gasteiger partial charge in [-0.15, -0.1) is 0 Å². The van der Waals surface area contributed by atoms with Crippen LogP contribution >= 0.6 is 0 Å². The van der Waals surface area contributed by atoms with Gasteiger partial charge in [0.15, 0.2) is 5.96 Å². The lowest BCUT2D eigenvalue weighted by atomic mass is 10.2. The normalized spacial score (nSPS) is 21.0. The monoisotopic (exact) mass is 290 g/mol. The number of nitrogens with zero attached hydrogens (tertiary/aromatic N) is 2. The van der Waals surface area contributed by atoms with Gasteiger partial charge in [0.2, 0.25) is 5.88 Å². The fourth-order valence-corrected chi connectivity index (χ4v) is 2.07. The van der Waals surface area contributed by atoms with Crippen LogP contribution in [0, 0.1) is 5.92 Å². The SMILES string of the molecule is CCCCOc1ncccc1CNC(=NC)NC1CC1C. The van der Waals surface area contributed by atoms with E-state index in [9.17, 15) is 0 Å². The van der Waals surface area contributed by atoms with Crippen molar-refractivity contribution in [2.75, 3.05) is 13.7 Å². The number of ether oxygens (including phenoxy) is 1. The highest BCUT2D eigenvalue weighted by molar-refractivity contribution is 5.80. The molecule has 5 heteroatoms. The number of unbranched alkanes of at least 4 members (excludes halogenated alkanes) is 1. The van der Waals surface area contributed by atoms with Gasteiger partial charge in [0, 0.05) is 31.4 Å². The van der Waals surface area contributed by atoms with Crippen LogP contribution in [0.1, 0.15) is 38.7 Å². The second kappa shape index (κ2) is 7.86. The number of hydrogen-bond acceptors (Lipinski definition) is 3. The van der Waals surface area contributed by atoms with Gasteiger partial charge in [-0.3, -0.25) is 4.99 Å². The fraction of sp³-hybridized carbons (Fsp3) is 0.625. The van der Waals surface area contributed by atoms with Gasteiger partial charge >= 0.3 is 0 Å². The maximum atomic E-state index is 5.74. The van der Waals surface area contributed by atoms with E-state index in [1.54, 1.807) is 13.2 Å². The molecule has 0 aliphatic heterocycles. The van der Waals surface area contributed by atoms with Crippen LogP contribution in [0.2, 0.25) is 0 Å². The Morgan fingerprint density at radius 1 is 1.52 bits per heavy atom. The van der Waals surface area contributed by atoms with Crippen LogP contribution in [0.3, 0.4) is 0 Å². The minimum absolute atomic E-state index is 0.561. The van der Waals surface area contributed by atoms with E-state index in [0.717, 1.165) is 30.3 Å². The van der Waals surface area contributed by atoms with E-state index in [1.807, 2.05) is 12.1 Å². The van der Waals surface area contributed by atoms with Crippen LogP contribution in [-0.4, -0.2) is 30.6 Å². The summed E-state index contributed by atoms with van der Waals surface area (Å²) in [7, 11) is 1.80. The maximum Gasteiger partial charge on any atom is 0.218 e. The van der Waals surface area contributed by atoms with E-state index < -0.39 is 0 Å². The molecule has 1 aromatic heterocycles. The third kappa shape index (κ3) is 4.92. The second-order valence-electron chi connectivity index (χ2n) is 5.56. The molecular weight excluding hydrogens is 264 g/mol. The molecule has 2 unspecified atom stereocenters. The molecule has 2 atom stereocenters. The summed E-state index contributed by atoms with van der Waals surface area (Å²) in [6.45, 7) is 5.77. The van der Waals surface area contributed by atoms with Crippen LogP contribution in [-0.2, 0) is 6.54 Å². The second-order valence-corrected chi connectivity index (χ2v) is 5.56. The van der Waals surface area contributed by atoms with E-state index in [-0.39, 0.29) is 0 Å². The zero-order chi connectivity index (χ0) is 15.1. The molecule has 5 nitrogen and oxygen atoms in total. The van der Waals surface area contributed by atoms with Crippen molar-refractivity contribution in [1.29, 1.82) is 0 Å². The molecule has 1 heterocycles. The standard InChI is InChI=1S/C16H26N4O/c1-4-5-9-21-15-13(7-6-8-18-15)11-19-16(17-3)20-14-10-12(14)2/h6-8,12,14H,4-5,9-11H2,1-3H3,(H2,17,19,20). The Labute approximate surface area is 127 Å². The molecule has 0 saturated heterocycles. The van der Waals surface area contributed by atoms with Crippen molar-refractivity contribution in [2.24, 2.45) is 10.9 Å². The lowest BCUT2D eigenvalue weighted by Crippen LogP contribution is -2.38. The van der Waals surface area contributed by atoms with Crippen molar-refractivity contribution < 1.29 is 4.74 Å². The number of guanidine groups is 1. The van der Waals surface area contributed by atoms with E-state index >= 15 is 0 Å². The van der Waals surface area contributed by atoms with Gasteiger partial charge in [-0.1, -0.05) is 26.3 Å². The number of pyridine rings is 1. The smallest absolute Gasteiger partial charge is 0.218 e. The highest BCUT2D eigenvalue weighted by atomic mass is 16.5. The fourth-order valence-electron chi connectivity index (χ4n) is 2.07. The zero-order valence-electron chi connectivity index (χ0n) is 13.2. The molecular formula is C16H26N4O. The topological polar surface area (TPSA) is 58.5 Å². The quantitative estimate of drug-likeness (QED) is 0.460. The van der Waals surface area contributed by atoms with Crippen molar-refractivity contribution in [1.82, 2.24) is 15.6 Å². The Morgan fingerprint density at radius 3 is 3.00 bits per heavy atom. The third-order valence-electron chi connectivity index (χ3n) is 3.69. The summed E-state index contributed by atoms with van der Waals surface area (Å²) in [5.74, 6) is 2.30. The van der Waals surface area contributed by atoms with Gasteiger partial charge < -0.3 is 15.4 Å². The Kier molecular flexibility index (Phi) is 5.84. The molecule has 1 saturated carbocycles. The summed E-state index contributed by atoms with van der Waals surface area (Å²) in [6.07, 6.45) is 5.16. The molecule has 21 heavy (non-hydrogen) atoms. The lowest BCUT2D eigenvalue weighted by Gasteiger charge is -2.13. The number of nitrogens with one attached hydrogen (secondary N) is 2. The Bertz CT molecular complexity index is 475. The molecule has 0 radical (unpaired) electrons. The summed E-state index contributed by atoms with van der Waals surface area (Å²) < 4.78 is 5.74. The molecule has 0 spiro atoms. The van der Waals surface area contributed by atoms with Gasteiger partial charge in [-0.2, -0.15) is 0 Å². The van der Waals surface area contributed by atoms with E-state index in [0.29, 0.717) is 25.1 Å². The molecule has 0 amide bonds. The van der Waals surface area contributed by atoms with Crippen molar-refractivity contribution >= 4 is 5.96 Å². The first-order chi connectivity index (χ1) is 10.2. The van der Waals surface area contributed by atoms with Gasteiger partial charge in [-0.05, 0) is 24.8 Å². The van der Waals surface area contributed by atoms with Gasteiger partial charge in [0.25, 0.3) is 0 Å². The first-order valence-electron chi connectivity index (χ1n) is 7.78. The molecule has 116 valence electrons. The average Bonchev–Trinajstić information content (AvgIpc) is 3.20. The lowest BCUT2D eigenvalue weighted by molar-refractivity contribution is 0.294. The van der Waals surface area contributed by atoms with E-state index in [1.165, 1.54) is 6.42 Å². The zero-order valence-corrected chi connectivity index (χ0v) is 13.2. The predicted molar refractivity (Wildman–Crippen MR) is 85.5 cm³/mol. The summed E-state index contributed by atoms with van der Waals surface area (Å²) >= 11 is 0. The van der Waals surface area contributed by atoms with Gasteiger partial charge in [0.05, 0.1) is 6.61 Å². The highest BCUT2D eigenvalue weighted by Gasteiger charge is 2.33. The van der Waals surface area contributed by atoms with Crippen molar-refractivity contribution in [3.8, 4) is 5.88 Å². The summed E-state index contributed by atoms with van der Waals surface area (Å²) in [5, 5.41) is 6.74. The van der Waals surface area contributed by atoms with E-state index in [4.69, 9.17) is 4.74 Å². The predicted octanol–water partition coefficient (Wildman–Crippen LogP) is 2.33. The number of rotatable bonds is 7. The van der Waals surface area contributed by atoms with E-state index in [2.05, 4.69) is 34.5 Å². The van der Waals surface area contributed by atoms with Gasteiger partial charge in [0.1, 0.15) is 0 Å². The first-order valence-corrected chi connectivity index (χ1v) is 7.78. The van der Waals surface area contributed by atoms with Gasteiger partial charge in [-0.25, -0.2) is 4.98 Å². The minimum atomic E-state index is 0.561. The molecule has 2 rings (SSSR count). The van der Waals surface area contributed by atoms with Crippen molar-refractivity contribution in [3.05, 3.63) is 23.9 Å². The molecule has 0 aromatic carbocycles.